The fourth-order valence-corrected chi connectivity index (χ4v) is 4.01. The fraction of sp³-hybridized carbons (Fsp3) is 0.682. The minimum Gasteiger partial charge on any atom is -0.488 e. The smallest absolute Gasteiger partial charge is 0.191 e. The van der Waals surface area contributed by atoms with Gasteiger partial charge in [0, 0.05) is 45.2 Å². The lowest BCUT2D eigenvalue weighted by Crippen LogP contribution is -2.52. The number of guanidine groups is 1. The Labute approximate surface area is 193 Å². The van der Waals surface area contributed by atoms with Crippen LogP contribution in [0.5, 0.6) is 5.75 Å². The van der Waals surface area contributed by atoms with Gasteiger partial charge in [-0.1, -0.05) is 32.0 Å². The van der Waals surface area contributed by atoms with Gasteiger partial charge in [0.25, 0.3) is 0 Å². The third-order valence-electron chi connectivity index (χ3n) is 5.77. The number of nitrogens with one attached hydrogen (secondary N) is 2. The standard InChI is InChI=1S/C22H37N5O.HI/c1-5-23-22(24-15-19-14-18-8-6-7-9-21(18)28-19)25-16-20(17(2)3)27-12-10-26(4)11-13-27;/h6-9,17,19-20H,5,10-16H2,1-4H3,(H2,23,24,25);1H. The molecule has 2 aliphatic heterocycles. The lowest BCUT2D eigenvalue weighted by molar-refractivity contribution is 0.0925. The molecule has 2 N–H and O–H groups in total. The summed E-state index contributed by atoms with van der Waals surface area (Å²) in [6.07, 6.45) is 1.12. The number of para-hydroxylation sites is 1. The summed E-state index contributed by atoms with van der Waals surface area (Å²) in [6.45, 7) is 13.7. The van der Waals surface area contributed by atoms with Gasteiger partial charge in [0.2, 0.25) is 0 Å². The van der Waals surface area contributed by atoms with Gasteiger partial charge in [-0.15, -0.1) is 24.0 Å². The maximum atomic E-state index is 6.05. The molecule has 2 heterocycles. The van der Waals surface area contributed by atoms with E-state index in [1.807, 2.05) is 6.07 Å². The average molecular weight is 515 g/mol. The van der Waals surface area contributed by atoms with Crippen LogP contribution >= 0.6 is 24.0 Å². The van der Waals surface area contributed by atoms with Gasteiger partial charge in [0.05, 0.1) is 13.1 Å². The summed E-state index contributed by atoms with van der Waals surface area (Å²) in [5.74, 6) is 2.50. The van der Waals surface area contributed by atoms with E-state index in [1.54, 1.807) is 0 Å². The molecule has 2 atom stereocenters. The molecular formula is C22H38IN5O. The van der Waals surface area contributed by atoms with Crippen molar-refractivity contribution in [2.24, 2.45) is 10.9 Å². The van der Waals surface area contributed by atoms with Crippen molar-refractivity contribution < 1.29 is 4.74 Å². The molecule has 0 bridgehead atoms. The molecule has 0 aliphatic carbocycles. The van der Waals surface area contributed by atoms with Crippen molar-refractivity contribution >= 4 is 29.9 Å². The van der Waals surface area contributed by atoms with Crippen molar-refractivity contribution in [1.29, 1.82) is 0 Å². The Bertz CT molecular complexity index is 621. The lowest BCUT2D eigenvalue weighted by Gasteiger charge is -2.39. The Morgan fingerprint density at radius 1 is 1.17 bits per heavy atom. The number of hydrogen-bond acceptors (Lipinski definition) is 4. The highest BCUT2D eigenvalue weighted by atomic mass is 127. The molecule has 1 fully saturated rings. The van der Waals surface area contributed by atoms with E-state index in [1.165, 1.54) is 5.56 Å². The highest BCUT2D eigenvalue weighted by molar-refractivity contribution is 14.0. The van der Waals surface area contributed by atoms with Crippen LogP contribution < -0.4 is 15.4 Å². The molecule has 0 saturated carbocycles. The largest absolute Gasteiger partial charge is 0.488 e. The number of rotatable bonds is 7. The van der Waals surface area contributed by atoms with Gasteiger partial charge < -0.3 is 20.3 Å². The van der Waals surface area contributed by atoms with E-state index in [0.29, 0.717) is 12.0 Å². The molecule has 0 amide bonds. The Hall–Kier alpha value is -1.06. The molecule has 7 heteroatoms. The molecule has 1 aromatic rings. The lowest BCUT2D eigenvalue weighted by atomic mass is 10.0. The van der Waals surface area contributed by atoms with Gasteiger partial charge in [-0.3, -0.25) is 9.89 Å². The second kappa shape index (κ2) is 12.0. The Balaban J connectivity index is 0.00000300. The van der Waals surface area contributed by atoms with Gasteiger partial charge >= 0.3 is 0 Å². The number of hydrogen-bond donors (Lipinski definition) is 2. The fourth-order valence-electron chi connectivity index (χ4n) is 4.01. The number of piperazine rings is 1. The third-order valence-corrected chi connectivity index (χ3v) is 5.77. The molecule has 0 spiro atoms. The van der Waals surface area contributed by atoms with E-state index in [9.17, 15) is 0 Å². The Morgan fingerprint density at radius 2 is 1.90 bits per heavy atom. The number of ether oxygens (including phenoxy) is 1. The summed E-state index contributed by atoms with van der Waals surface area (Å²) in [7, 11) is 2.20. The molecule has 2 unspecified atom stereocenters. The van der Waals surface area contributed by atoms with Crippen LogP contribution in [0.3, 0.4) is 0 Å². The Morgan fingerprint density at radius 3 is 2.55 bits per heavy atom. The topological polar surface area (TPSA) is 52.1 Å². The first kappa shape index (κ1) is 24.2. The first-order valence-corrected chi connectivity index (χ1v) is 10.8. The quantitative estimate of drug-likeness (QED) is 0.332. The number of aliphatic imine (C=N–C) groups is 1. The van der Waals surface area contributed by atoms with Crippen molar-refractivity contribution in [3.05, 3.63) is 29.8 Å². The number of benzene rings is 1. The highest BCUT2D eigenvalue weighted by Gasteiger charge is 2.25. The molecule has 0 radical (unpaired) electrons. The zero-order valence-electron chi connectivity index (χ0n) is 18.4. The maximum Gasteiger partial charge on any atom is 0.191 e. The predicted octanol–water partition coefficient (Wildman–Crippen LogP) is 2.44. The minimum absolute atomic E-state index is 0. The summed E-state index contributed by atoms with van der Waals surface area (Å²) in [5.41, 5.74) is 1.30. The predicted molar refractivity (Wildman–Crippen MR) is 132 cm³/mol. The summed E-state index contributed by atoms with van der Waals surface area (Å²) < 4.78 is 6.05. The number of fused-ring (bicyclic) bond motifs is 1. The van der Waals surface area contributed by atoms with Crippen molar-refractivity contribution in [3.8, 4) is 5.75 Å². The molecule has 0 aromatic heterocycles. The zero-order chi connectivity index (χ0) is 19.9. The molecule has 1 aromatic carbocycles. The number of halogens is 1. The summed E-state index contributed by atoms with van der Waals surface area (Å²) >= 11 is 0. The van der Waals surface area contributed by atoms with E-state index in [4.69, 9.17) is 9.73 Å². The second-order valence-electron chi connectivity index (χ2n) is 8.30. The van der Waals surface area contributed by atoms with Crippen molar-refractivity contribution in [3.63, 3.8) is 0 Å². The zero-order valence-corrected chi connectivity index (χ0v) is 20.7. The maximum absolute atomic E-state index is 6.05. The van der Waals surface area contributed by atoms with Crippen molar-refractivity contribution in [1.82, 2.24) is 20.4 Å². The molecule has 6 nitrogen and oxygen atoms in total. The number of nitrogens with zero attached hydrogens (tertiary/aromatic N) is 3. The SMILES string of the molecule is CCNC(=NCC(C(C)C)N1CCN(C)CC1)NCC1Cc2ccccc2O1.I. The van der Waals surface area contributed by atoms with Crippen LogP contribution in [0.2, 0.25) is 0 Å². The molecule has 3 rings (SSSR count). The highest BCUT2D eigenvalue weighted by Crippen LogP contribution is 2.27. The number of likely N-dealkylation sites (N-methyl/N-ethyl adjacent to an activating group) is 1. The summed E-state index contributed by atoms with van der Waals surface area (Å²) in [6, 6.07) is 8.80. The monoisotopic (exact) mass is 515 g/mol. The van der Waals surface area contributed by atoms with Crippen molar-refractivity contribution in [2.75, 3.05) is 52.9 Å². The van der Waals surface area contributed by atoms with E-state index >= 15 is 0 Å². The van der Waals surface area contributed by atoms with Crippen LogP contribution in [0.15, 0.2) is 29.3 Å². The average Bonchev–Trinajstić information content (AvgIpc) is 3.10. The molecule has 164 valence electrons. The molecule has 1 saturated heterocycles. The van der Waals surface area contributed by atoms with Crippen LogP contribution in [0.25, 0.3) is 0 Å². The van der Waals surface area contributed by atoms with Gasteiger partial charge in [0.15, 0.2) is 5.96 Å². The van der Waals surface area contributed by atoms with Crippen LogP contribution in [0, 0.1) is 5.92 Å². The first-order valence-electron chi connectivity index (χ1n) is 10.8. The van der Waals surface area contributed by atoms with Gasteiger partial charge in [-0.05, 0) is 31.5 Å². The first-order chi connectivity index (χ1) is 13.6. The van der Waals surface area contributed by atoms with Crippen molar-refractivity contribution in [2.45, 2.75) is 39.3 Å². The van der Waals surface area contributed by atoms with E-state index < -0.39 is 0 Å². The second-order valence-corrected chi connectivity index (χ2v) is 8.30. The summed E-state index contributed by atoms with van der Waals surface area (Å²) in [4.78, 5) is 9.93. The van der Waals surface area contributed by atoms with Gasteiger partial charge in [0.1, 0.15) is 11.9 Å². The minimum atomic E-state index is 0. The van der Waals surface area contributed by atoms with E-state index in [0.717, 1.165) is 63.9 Å². The Kier molecular flexibility index (Phi) is 9.98. The molecular weight excluding hydrogens is 477 g/mol. The molecule has 2 aliphatic rings. The van der Waals surface area contributed by atoms with E-state index in [-0.39, 0.29) is 30.1 Å². The van der Waals surface area contributed by atoms with Crippen LogP contribution in [0.4, 0.5) is 0 Å². The van der Waals surface area contributed by atoms with Crippen LogP contribution in [0.1, 0.15) is 26.3 Å². The van der Waals surface area contributed by atoms with E-state index in [2.05, 4.69) is 66.5 Å². The van der Waals surface area contributed by atoms with Crippen LogP contribution in [-0.2, 0) is 6.42 Å². The third kappa shape index (κ3) is 7.00. The van der Waals surface area contributed by atoms with Crippen LogP contribution in [-0.4, -0.2) is 80.8 Å². The van der Waals surface area contributed by atoms with Gasteiger partial charge in [-0.2, -0.15) is 0 Å². The normalized spacial score (nSPS) is 21.3. The van der Waals surface area contributed by atoms with Gasteiger partial charge in [-0.25, -0.2) is 0 Å². The summed E-state index contributed by atoms with van der Waals surface area (Å²) in [5, 5.41) is 6.88. The molecule has 29 heavy (non-hydrogen) atoms.